The number of nitrogens with one attached hydrogen (secondary N) is 1. The van der Waals surface area contributed by atoms with Crippen LogP contribution in [0.1, 0.15) is 37.9 Å². The summed E-state index contributed by atoms with van der Waals surface area (Å²) in [5.74, 6) is 1.05. The number of carbonyl (C=O) groups is 1. The highest BCUT2D eigenvalue weighted by Crippen LogP contribution is 2.32. The summed E-state index contributed by atoms with van der Waals surface area (Å²) in [5.41, 5.74) is 2.98. The molecule has 3 aromatic carbocycles. The summed E-state index contributed by atoms with van der Waals surface area (Å²) in [7, 11) is 1.59. The molecule has 1 aliphatic heterocycles. The smallest absolute Gasteiger partial charge is 0.271 e. The van der Waals surface area contributed by atoms with Crippen LogP contribution in [-0.4, -0.2) is 23.7 Å². The maximum absolute atomic E-state index is 13.9. The average Bonchev–Trinajstić information content (AvgIpc) is 3.22. The van der Waals surface area contributed by atoms with Crippen LogP contribution in [0.25, 0.3) is 6.08 Å². The lowest BCUT2D eigenvalue weighted by Gasteiger charge is -2.25. The number of thiazole rings is 1. The second kappa shape index (κ2) is 11.1. The molecule has 4 aromatic rings. The number of carbonyl (C=O) groups excluding carboxylic acids is 1. The van der Waals surface area contributed by atoms with Crippen LogP contribution >= 0.6 is 11.3 Å². The normalized spacial score (nSPS) is 15.1. The zero-order valence-corrected chi connectivity index (χ0v) is 23.0. The first-order chi connectivity index (χ1) is 18.8. The number of hydrogen-bond donors (Lipinski definition) is 1. The van der Waals surface area contributed by atoms with E-state index in [9.17, 15) is 9.59 Å². The van der Waals surface area contributed by atoms with E-state index in [1.807, 2.05) is 98.8 Å². The van der Waals surface area contributed by atoms with Gasteiger partial charge < -0.3 is 14.8 Å². The largest absolute Gasteiger partial charge is 0.497 e. The van der Waals surface area contributed by atoms with Crippen LogP contribution in [0.4, 0.5) is 5.69 Å². The molecule has 0 radical (unpaired) electrons. The van der Waals surface area contributed by atoms with Gasteiger partial charge in [-0.05, 0) is 74.4 Å². The van der Waals surface area contributed by atoms with Crippen LogP contribution in [-0.2, 0) is 4.79 Å². The Morgan fingerprint density at radius 1 is 1.03 bits per heavy atom. The van der Waals surface area contributed by atoms with Gasteiger partial charge in [-0.15, -0.1) is 0 Å². The van der Waals surface area contributed by atoms with Crippen molar-refractivity contribution in [2.45, 2.75) is 32.9 Å². The molecule has 0 fully saturated rings. The van der Waals surface area contributed by atoms with Crippen molar-refractivity contribution in [1.82, 2.24) is 4.57 Å². The Balaban J connectivity index is 1.65. The Labute approximate surface area is 230 Å². The van der Waals surface area contributed by atoms with E-state index in [1.165, 1.54) is 11.3 Å². The maximum atomic E-state index is 13.9. The first-order valence-corrected chi connectivity index (χ1v) is 13.5. The van der Waals surface area contributed by atoms with Gasteiger partial charge in [0.2, 0.25) is 0 Å². The van der Waals surface area contributed by atoms with Gasteiger partial charge in [0.1, 0.15) is 11.5 Å². The number of hydrogen-bond acceptors (Lipinski definition) is 6. The number of methoxy groups -OCH3 is 1. The van der Waals surface area contributed by atoms with Gasteiger partial charge in [0.25, 0.3) is 11.5 Å². The zero-order valence-electron chi connectivity index (χ0n) is 22.2. The van der Waals surface area contributed by atoms with Crippen molar-refractivity contribution in [3.05, 3.63) is 121 Å². The van der Waals surface area contributed by atoms with Crippen LogP contribution in [0, 0.1) is 0 Å². The Morgan fingerprint density at radius 3 is 2.51 bits per heavy atom. The minimum absolute atomic E-state index is 0.0388. The summed E-state index contributed by atoms with van der Waals surface area (Å²) in [5, 5.41) is 2.97. The molecule has 39 heavy (non-hydrogen) atoms. The molecule has 7 nitrogen and oxygen atoms in total. The molecule has 1 aromatic heterocycles. The van der Waals surface area contributed by atoms with Crippen LogP contribution < -0.4 is 29.7 Å². The monoisotopic (exact) mass is 539 g/mol. The fourth-order valence-electron chi connectivity index (χ4n) is 4.56. The lowest BCUT2D eigenvalue weighted by atomic mass is 9.95. The third-order valence-corrected chi connectivity index (χ3v) is 7.22. The fraction of sp³-hybridized carbons (Fsp3) is 0.194. The lowest BCUT2D eigenvalue weighted by molar-refractivity contribution is -0.113. The number of aromatic nitrogens is 1. The van der Waals surface area contributed by atoms with Crippen molar-refractivity contribution in [1.29, 1.82) is 0 Å². The molecule has 5 rings (SSSR count). The Hall–Kier alpha value is -4.43. The van der Waals surface area contributed by atoms with E-state index in [2.05, 4.69) is 5.32 Å². The molecule has 0 spiro atoms. The van der Waals surface area contributed by atoms with E-state index in [1.54, 1.807) is 18.6 Å². The van der Waals surface area contributed by atoms with Gasteiger partial charge in [0.05, 0.1) is 35.1 Å². The molecule has 0 bridgehead atoms. The molecular weight excluding hydrogens is 510 g/mol. The number of benzene rings is 3. The van der Waals surface area contributed by atoms with Crippen molar-refractivity contribution in [2.24, 2.45) is 4.99 Å². The predicted molar refractivity (Wildman–Crippen MR) is 154 cm³/mol. The van der Waals surface area contributed by atoms with Crippen LogP contribution in [0.15, 0.2) is 99.9 Å². The maximum Gasteiger partial charge on any atom is 0.271 e. The summed E-state index contributed by atoms with van der Waals surface area (Å²) in [6, 6.07) is 23.6. The topological polar surface area (TPSA) is 81.9 Å². The molecule has 1 N–H and O–H groups in total. The molecule has 198 valence electrons. The van der Waals surface area contributed by atoms with Gasteiger partial charge in [-0.2, -0.15) is 0 Å². The van der Waals surface area contributed by atoms with Gasteiger partial charge in [0, 0.05) is 5.69 Å². The molecule has 1 atom stereocenters. The molecular formula is C31H29N3O4S. The number of amides is 1. The van der Waals surface area contributed by atoms with E-state index in [0.717, 1.165) is 16.9 Å². The molecule has 0 saturated heterocycles. The van der Waals surface area contributed by atoms with E-state index >= 15 is 0 Å². The third-order valence-electron chi connectivity index (χ3n) is 6.24. The van der Waals surface area contributed by atoms with Crippen molar-refractivity contribution < 1.29 is 14.3 Å². The highest BCUT2D eigenvalue weighted by Gasteiger charge is 2.32. The second-order valence-corrected chi connectivity index (χ2v) is 10.4. The van der Waals surface area contributed by atoms with Gasteiger partial charge >= 0.3 is 0 Å². The van der Waals surface area contributed by atoms with Crippen molar-refractivity contribution in [3.8, 4) is 11.5 Å². The first kappa shape index (κ1) is 26.2. The van der Waals surface area contributed by atoms with Crippen molar-refractivity contribution in [3.63, 3.8) is 0 Å². The quantitative estimate of drug-likeness (QED) is 0.370. The number of ether oxygens (including phenoxy) is 2. The average molecular weight is 540 g/mol. The standard InChI is InChI=1S/C31H29N3O4S/c1-19(2)38-25-15-8-10-21(16-25)17-26-30(36)34-28(22-11-9-14-24(18-22)37-4)27(20(3)32-31(34)39-26)29(35)33-23-12-6-5-7-13-23/h5-19,28H,1-4H3,(H,33,35)/b26-17-/t28-/m1/s1. The van der Waals surface area contributed by atoms with E-state index in [-0.39, 0.29) is 17.6 Å². The van der Waals surface area contributed by atoms with E-state index < -0.39 is 6.04 Å². The van der Waals surface area contributed by atoms with Crippen LogP contribution in [0.2, 0.25) is 0 Å². The van der Waals surface area contributed by atoms with Crippen molar-refractivity contribution in [2.75, 3.05) is 12.4 Å². The fourth-order valence-corrected chi connectivity index (χ4v) is 5.61. The zero-order chi connectivity index (χ0) is 27.5. The number of fused-ring (bicyclic) bond motifs is 1. The number of rotatable bonds is 7. The summed E-state index contributed by atoms with van der Waals surface area (Å²) < 4.78 is 13.4. The summed E-state index contributed by atoms with van der Waals surface area (Å²) in [6.07, 6.45) is 1.87. The Kier molecular flexibility index (Phi) is 7.47. The van der Waals surface area contributed by atoms with Gasteiger partial charge in [-0.1, -0.05) is 53.8 Å². The summed E-state index contributed by atoms with van der Waals surface area (Å²) in [6.45, 7) is 5.74. The predicted octanol–water partition coefficient (Wildman–Crippen LogP) is 4.67. The second-order valence-electron chi connectivity index (χ2n) is 9.42. The first-order valence-electron chi connectivity index (χ1n) is 12.6. The molecule has 1 amide bonds. The summed E-state index contributed by atoms with van der Waals surface area (Å²) in [4.78, 5) is 32.8. The number of para-hydroxylation sites is 1. The molecule has 8 heteroatoms. The van der Waals surface area contributed by atoms with Crippen molar-refractivity contribution >= 4 is 29.0 Å². The minimum atomic E-state index is -0.683. The molecule has 0 unspecified atom stereocenters. The SMILES string of the molecule is COc1cccc([C@@H]2C(C(=O)Nc3ccccc3)=C(C)N=c3s/c(=C\c4cccc(OC(C)C)c4)c(=O)n32)c1. The van der Waals surface area contributed by atoms with Gasteiger partial charge in [-0.3, -0.25) is 14.2 Å². The number of allylic oxidation sites excluding steroid dienone is 1. The third kappa shape index (κ3) is 5.56. The van der Waals surface area contributed by atoms with E-state index in [4.69, 9.17) is 14.5 Å². The lowest BCUT2D eigenvalue weighted by Crippen LogP contribution is -2.40. The number of nitrogens with zero attached hydrogens (tertiary/aromatic N) is 2. The van der Waals surface area contributed by atoms with Crippen LogP contribution in [0.5, 0.6) is 11.5 Å². The Bertz CT molecular complexity index is 1740. The molecule has 0 aliphatic carbocycles. The van der Waals surface area contributed by atoms with Gasteiger partial charge in [0.15, 0.2) is 4.80 Å². The molecule has 0 saturated carbocycles. The molecule has 1 aliphatic rings. The van der Waals surface area contributed by atoms with Gasteiger partial charge in [-0.25, -0.2) is 4.99 Å². The highest BCUT2D eigenvalue weighted by molar-refractivity contribution is 7.07. The van der Waals surface area contributed by atoms with E-state index in [0.29, 0.717) is 32.0 Å². The van der Waals surface area contributed by atoms with Crippen LogP contribution in [0.3, 0.4) is 0 Å². The summed E-state index contributed by atoms with van der Waals surface area (Å²) >= 11 is 1.30. The Morgan fingerprint density at radius 2 is 1.77 bits per heavy atom. The molecule has 2 heterocycles. The minimum Gasteiger partial charge on any atom is -0.497 e. The highest BCUT2D eigenvalue weighted by atomic mass is 32.1. The number of anilines is 1.